The van der Waals surface area contributed by atoms with Crippen molar-refractivity contribution in [3.05, 3.63) is 59.7 Å². The van der Waals surface area contributed by atoms with E-state index in [1.165, 1.54) is 17.7 Å². The Morgan fingerprint density at radius 2 is 1.67 bits per heavy atom. The summed E-state index contributed by atoms with van der Waals surface area (Å²) < 4.78 is 41.0. The molecule has 0 unspecified atom stereocenters. The zero-order valence-electron chi connectivity index (χ0n) is 11.6. The van der Waals surface area contributed by atoms with Crippen LogP contribution in [0.1, 0.15) is 18.1 Å². The molecular formula is C16H16F3NO. The first-order valence-corrected chi connectivity index (χ1v) is 6.64. The fraction of sp³-hybridized carbons (Fsp3) is 0.250. The predicted octanol–water partition coefficient (Wildman–Crippen LogP) is 4.76. The van der Waals surface area contributed by atoms with Crippen molar-refractivity contribution >= 4 is 5.69 Å². The molecule has 21 heavy (non-hydrogen) atoms. The Hall–Kier alpha value is -2.17. The van der Waals surface area contributed by atoms with Gasteiger partial charge in [0.15, 0.2) is 0 Å². The van der Waals surface area contributed by atoms with Gasteiger partial charge in [0.25, 0.3) is 0 Å². The lowest BCUT2D eigenvalue weighted by Crippen LogP contribution is -2.18. The number of nitrogens with one attached hydrogen (secondary N) is 1. The lowest BCUT2D eigenvalue weighted by molar-refractivity contribution is -0.274. The van der Waals surface area contributed by atoms with E-state index in [0.717, 1.165) is 12.1 Å². The summed E-state index contributed by atoms with van der Waals surface area (Å²) in [6.07, 6.45) is -3.73. The standard InChI is InChI=1S/C16H16F3NO/c1-2-12-7-9-14(10-8-12)20-11-13-5-3-4-6-15(13)21-16(17,18)19/h3-10,20H,2,11H2,1H3. The van der Waals surface area contributed by atoms with E-state index in [9.17, 15) is 13.2 Å². The molecule has 0 aliphatic heterocycles. The Morgan fingerprint density at radius 1 is 1.00 bits per heavy atom. The maximum atomic E-state index is 12.3. The second-order valence-electron chi connectivity index (χ2n) is 4.56. The van der Waals surface area contributed by atoms with Crippen LogP contribution in [0.4, 0.5) is 18.9 Å². The summed E-state index contributed by atoms with van der Waals surface area (Å²) in [6, 6.07) is 13.9. The highest BCUT2D eigenvalue weighted by Gasteiger charge is 2.31. The highest BCUT2D eigenvalue weighted by atomic mass is 19.4. The van der Waals surface area contributed by atoms with Crippen molar-refractivity contribution in [2.24, 2.45) is 0 Å². The van der Waals surface area contributed by atoms with Crippen LogP contribution in [0, 0.1) is 0 Å². The minimum absolute atomic E-state index is 0.178. The van der Waals surface area contributed by atoms with Crippen LogP contribution in [-0.2, 0) is 13.0 Å². The summed E-state index contributed by atoms with van der Waals surface area (Å²) in [4.78, 5) is 0. The van der Waals surface area contributed by atoms with Gasteiger partial charge in [-0.25, -0.2) is 0 Å². The minimum atomic E-state index is -4.68. The van der Waals surface area contributed by atoms with E-state index in [0.29, 0.717) is 5.56 Å². The molecule has 0 saturated carbocycles. The molecule has 0 fully saturated rings. The second-order valence-corrected chi connectivity index (χ2v) is 4.56. The van der Waals surface area contributed by atoms with Gasteiger partial charge in [-0.3, -0.25) is 0 Å². The Labute approximate surface area is 121 Å². The maximum Gasteiger partial charge on any atom is 0.573 e. The van der Waals surface area contributed by atoms with Crippen LogP contribution in [0.5, 0.6) is 5.75 Å². The molecule has 0 aromatic heterocycles. The average Bonchev–Trinajstić information content (AvgIpc) is 2.45. The van der Waals surface area contributed by atoms with Crippen molar-refractivity contribution in [3.63, 3.8) is 0 Å². The molecule has 0 amide bonds. The number of aryl methyl sites for hydroxylation is 1. The molecule has 1 N–H and O–H groups in total. The highest BCUT2D eigenvalue weighted by molar-refractivity contribution is 5.46. The molecule has 0 aliphatic carbocycles. The van der Waals surface area contributed by atoms with E-state index in [-0.39, 0.29) is 12.3 Å². The molecule has 0 saturated heterocycles. The minimum Gasteiger partial charge on any atom is -0.405 e. The smallest absolute Gasteiger partial charge is 0.405 e. The molecular weight excluding hydrogens is 279 g/mol. The van der Waals surface area contributed by atoms with Crippen LogP contribution >= 0.6 is 0 Å². The van der Waals surface area contributed by atoms with Gasteiger partial charge in [-0.15, -0.1) is 13.2 Å². The Kier molecular flexibility index (Phi) is 4.73. The van der Waals surface area contributed by atoms with Gasteiger partial charge in [0, 0.05) is 17.8 Å². The maximum absolute atomic E-state index is 12.3. The van der Waals surface area contributed by atoms with Crippen molar-refractivity contribution in [2.75, 3.05) is 5.32 Å². The topological polar surface area (TPSA) is 21.3 Å². The van der Waals surface area contributed by atoms with Crippen molar-refractivity contribution in [3.8, 4) is 5.75 Å². The molecule has 0 spiro atoms. The third kappa shape index (κ3) is 4.70. The molecule has 2 aromatic rings. The lowest BCUT2D eigenvalue weighted by Gasteiger charge is -2.14. The van der Waals surface area contributed by atoms with E-state index in [1.807, 2.05) is 24.3 Å². The number of para-hydroxylation sites is 1. The fourth-order valence-corrected chi connectivity index (χ4v) is 1.93. The summed E-state index contributed by atoms with van der Waals surface area (Å²) in [7, 11) is 0. The summed E-state index contributed by atoms with van der Waals surface area (Å²) >= 11 is 0. The molecule has 0 aliphatic rings. The van der Waals surface area contributed by atoms with Gasteiger partial charge in [-0.1, -0.05) is 37.3 Å². The second kappa shape index (κ2) is 6.52. The van der Waals surface area contributed by atoms with Gasteiger partial charge in [0.2, 0.25) is 0 Å². The third-order valence-corrected chi connectivity index (χ3v) is 3.04. The number of hydrogen-bond donors (Lipinski definition) is 1. The number of benzene rings is 2. The normalized spacial score (nSPS) is 11.2. The van der Waals surface area contributed by atoms with E-state index in [2.05, 4.69) is 17.0 Å². The first-order chi connectivity index (χ1) is 9.98. The van der Waals surface area contributed by atoms with Crippen LogP contribution < -0.4 is 10.1 Å². The van der Waals surface area contributed by atoms with Crippen molar-refractivity contribution < 1.29 is 17.9 Å². The van der Waals surface area contributed by atoms with E-state index < -0.39 is 6.36 Å². The monoisotopic (exact) mass is 295 g/mol. The summed E-state index contributed by atoms with van der Waals surface area (Å²) in [5.41, 5.74) is 2.52. The van der Waals surface area contributed by atoms with E-state index in [4.69, 9.17) is 0 Å². The quantitative estimate of drug-likeness (QED) is 0.858. The molecule has 5 heteroatoms. The summed E-state index contributed by atoms with van der Waals surface area (Å²) in [5, 5.41) is 3.09. The zero-order valence-corrected chi connectivity index (χ0v) is 11.6. The molecule has 0 radical (unpaired) electrons. The molecule has 2 nitrogen and oxygen atoms in total. The fourth-order valence-electron chi connectivity index (χ4n) is 1.93. The molecule has 0 atom stereocenters. The Bertz CT molecular complexity index is 579. The molecule has 0 bridgehead atoms. The first-order valence-electron chi connectivity index (χ1n) is 6.64. The van der Waals surface area contributed by atoms with Crippen LogP contribution in [0.15, 0.2) is 48.5 Å². The van der Waals surface area contributed by atoms with Gasteiger partial charge in [0.1, 0.15) is 5.75 Å². The SMILES string of the molecule is CCc1ccc(NCc2ccccc2OC(F)(F)F)cc1. The number of halogens is 3. The van der Waals surface area contributed by atoms with Crippen molar-refractivity contribution in [1.82, 2.24) is 0 Å². The van der Waals surface area contributed by atoms with Gasteiger partial charge in [0.05, 0.1) is 0 Å². The summed E-state index contributed by atoms with van der Waals surface area (Å²) in [5.74, 6) is -0.178. The number of hydrogen-bond acceptors (Lipinski definition) is 2. The lowest BCUT2D eigenvalue weighted by atomic mass is 10.1. The van der Waals surface area contributed by atoms with Crippen LogP contribution in [0.3, 0.4) is 0 Å². The average molecular weight is 295 g/mol. The Morgan fingerprint density at radius 3 is 2.29 bits per heavy atom. The predicted molar refractivity (Wildman–Crippen MR) is 76.3 cm³/mol. The molecule has 0 heterocycles. The van der Waals surface area contributed by atoms with E-state index >= 15 is 0 Å². The number of anilines is 1. The van der Waals surface area contributed by atoms with Crippen molar-refractivity contribution in [2.45, 2.75) is 26.3 Å². The molecule has 112 valence electrons. The van der Waals surface area contributed by atoms with Gasteiger partial charge in [-0.2, -0.15) is 0 Å². The van der Waals surface area contributed by atoms with E-state index in [1.54, 1.807) is 12.1 Å². The van der Waals surface area contributed by atoms with Gasteiger partial charge >= 0.3 is 6.36 Å². The number of alkyl halides is 3. The van der Waals surface area contributed by atoms with Gasteiger partial charge in [-0.05, 0) is 30.2 Å². The number of rotatable bonds is 5. The molecule has 2 aromatic carbocycles. The molecule has 2 rings (SSSR count). The Balaban J connectivity index is 2.05. The number of ether oxygens (including phenoxy) is 1. The van der Waals surface area contributed by atoms with Crippen molar-refractivity contribution in [1.29, 1.82) is 0 Å². The third-order valence-electron chi connectivity index (χ3n) is 3.04. The zero-order chi connectivity index (χ0) is 15.3. The first kappa shape index (κ1) is 15.2. The summed E-state index contributed by atoms with van der Waals surface area (Å²) in [6.45, 7) is 2.32. The highest BCUT2D eigenvalue weighted by Crippen LogP contribution is 2.26. The van der Waals surface area contributed by atoms with Crippen LogP contribution in [-0.4, -0.2) is 6.36 Å². The largest absolute Gasteiger partial charge is 0.573 e. The van der Waals surface area contributed by atoms with Gasteiger partial charge < -0.3 is 10.1 Å². The van der Waals surface area contributed by atoms with Crippen LogP contribution in [0.25, 0.3) is 0 Å². The van der Waals surface area contributed by atoms with Crippen LogP contribution in [0.2, 0.25) is 0 Å².